The molecule has 2 heteroatoms. The molecule has 2 nitrogen and oxygen atoms in total. The molecule has 72 valence electrons. The summed E-state index contributed by atoms with van der Waals surface area (Å²) in [5.74, 6) is 0.818. The number of hydrogen-bond donors (Lipinski definition) is 1. The third kappa shape index (κ3) is 3.47. The van der Waals surface area contributed by atoms with E-state index >= 15 is 0 Å². The first-order valence-electron chi connectivity index (χ1n) is 4.60. The van der Waals surface area contributed by atoms with Crippen molar-refractivity contribution in [1.82, 2.24) is 0 Å². The van der Waals surface area contributed by atoms with Gasteiger partial charge >= 0.3 is 0 Å². The number of hydrogen-bond acceptors (Lipinski definition) is 2. The monoisotopic (exact) mass is 180 g/mol. The zero-order valence-corrected chi connectivity index (χ0v) is 8.16. The lowest BCUT2D eigenvalue weighted by atomic mass is 10.2. The molecular weight excluding hydrogens is 164 g/mol. The van der Waals surface area contributed by atoms with Gasteiger partial charge in [-0.25, -0.2) is 0 Å². The van der Waals surface area contributed by atoms with Gasteiger partial charge in [0.25, 0.3) is 0 Å². The zero-order chi connectivity index (χ0) is 9.68. The minimum atomic E-state index is -0.360. The Morgan fingerprint density at radius 1 is 1.31 bits per heavy atom. The Kier molecular flexibility index (Phi) is 3.77. The molecule has 0 saturated heterocycles. The van der Waals surface area contributed by atoms with E-state index in [1.807, 2.05) is 38.1 Å². The number of rotatable bonds is 4. The Bertz CT molecular complexity index is 241. The van der Waals surface area contributed by atoms with Gasteiger partial charge in [0.05, 0.1) is 6.10 Å². The quantitative estimate of drug-likeness (QED) is 0.769. The van der Waals surface area contributed by atoms with Crippen LogP contribution in [0.1, 0.15) is 18.9 Å². The summed E-state index contributed by atoms with van der Waals surface area (Å²) in [6.45, 7) is 4.34. The van der Waals surface area contributed by atoms with E-state index in [-0.39, 0.29) is 6.10 Å². The summed E-state index contributed by atoms with van der Waals surface area (Å²) in [4.78, 5) is 0. The summed E-state index contributed by atoms with van der Waals surface area (Å²) >= 11 is 0. The molecule has 1 rings (SSSR count). The lowest BCUT2D eigenvalue weighted by Gasteiger charge is -2.09. The van der Waals surface area contributed by atoms with Crippen LogP contribution in [0.4, 0.5) is 0 Å². The predicted molar refractivity (Wildman–Crippen MR) is 53.0 cm³/mol. The second-order valence-electron chi connectivity index (χ2n) is 3.19. The standard InChI is InChI=1S/C11H16O2/c1-3-10(12)8-13-11-6-4-9(2)5-7-11/h4-7,10,12H,3,8H2,1-2H3/t10-/m0/s1. The Balaban J connectivity index is 2.41. The zero-order valence-electron chi connectivity index (χ0n) is 8.16. The topological polar surface area (TPSA) is 29.5 Å². The van der Waals surface area contributed by atoms with Crippen LogP contribution in [-0.4, -0.2) is 17.8 Å². The molecule has 0 radical (unpaired) electrons. The second-order valence-corrected chi connectivity index (χ2v) is 3.19. The molecule has 0 spiro atoms. The van der Waals surface area contributed by atoms with Crippen molar-refractivity contribution >= 4 is 0 Å². The molecular formula is C11H16O2. The molecule has 0 aliphatic rings. The molecule has 0 aliphatic carbocycles. The fraction of sp³-hybridized carbons (Fsp3) is 0.455. The van der Waals surface area contributed by atoms with Crippen molar-refractivity contribution in [2.45, 2.75) is 26.4 Å². The minimum Gasteiger partial charge on any atom is -0.491 e. The van der Waals surface area contributed by atoms with Gasteiger partial charge in [-0.2, -0.15) is 0 Å². The summed E-state index contributed by atoms with van der Waals surface area (Å²) in [5, 5.41) is 9.25. The Hall–Kier alpha value is -1.02. The largest absolute Gasteiger partial charge is 0.491 e. The van der Waals surface area contributed by atoms with Gasteiger partial charge in [0.15, 0.2) is 0 Å². The third-order valence-electron chi connectivity index (χ3n) is 1.93. The highest BCUT2D eigenvalue weighted by Crippen LogP contribution is 2.11. The van der Waals surface area contributed by atoms with Crippen molar-refractivity contribution in [1.29, 1.82) is 0 Å². The number of aliphatic hydroxyl groups is 1. The number of aliphatic hydroxyl groups excluding tert-OH is 1. The summed E-state index contributed by atoms with van der Waals surface area (Å²) in [5.41, 5.74) is 1.21. The fourth-order valence-corrected chi connectivity index (χ4v) is 0.945. The van der Waals surface area contributed by atoms with E-state index in [0.29, 0.717) is 6.61 Å². The van der Waals surface area contributed by atoms with Crippen molar-refractivity contribution in [2.24, 2.45) is 0 Å². The van der Waals surface area contributed by atoms with Gasteiger partial charge in [-0.1, -0.05) is 24.6 Å². The molecule has 1 atom stereocenters. The van der Waals surface area contributed by atoms with Crippen molar-refractivity contribution in [3.8, 4) is 5.75 Å². The highest BCUT2D eigenvalue weighted by atomic mass is 16.5. The van der Waals surface area contributed by atoms with Crippen LogP contribution in [-0.2, 0) is 0 Å². The summed E-state index contributed by atoms with van der Waals surface area (Å²) in [7, 11) is 0. The lowest BCUT2D eigenvalue weighted by molar-refractivity contribution is 0.104. The van der Waals surface area contributed by atoms with Gasteiger partial charge in [-0.15, -0.1) is 0 Å². The molecule has 1 aromatic carbocycles. The fourth-order valence-electron chi connectivity index (χ4n) is 0.945. The number of aryl methyl sites for hydroxylation is 1. The molecule has 0 aliphatic heterocycles. The normalized spacial score (nSPS) is 12.5. The average molecular weight is 180 g/mol. The van der Waals surface area contributed by atoms with Gasteiger partial charge in [-0.05, 0) is 25.5 Å². The molecule has 0 amide bonds. The van der Waals surface area contributed by atoms with E-state index < -0.39 is 0 Å². The highest BCUT2D eigenvalue weighted by Gasteiger charge is 2.00. The first-order chi connectivity index (χ1) is 6.22. The van der Waals surface area contributed by atoms with Gasteiger partial charge in [-0.3, -0.25) is 0 Å². The molecule has 0 bridgehead atoms. The molecule has 1 N–H and O–H groups in total. The van der Waals surface area contributed by atoms with Crippen LogP contribution in [0.2, 0.25) is 0 Å². The molecule has 0 unspecified atom stereocenters. The molecule has 13 heavy (non-hydrogen) atoms. The summed E-state index contributed by atoms with van der Waals surface area (Å²) in [6, 6.07) is 7.82. The maximum absolute atomic E-state index is 9.25. The van der Waals surface area contributed by atoms with Crippen molar-refractivity contribution < 1.29 is 9.84 Å². The molecule has 0 fully saturated rings. The van der Waals surface area contributed by atoms with Gasteiger partial charge in [0.2, 0.25) is 0 Å². The van der Waals surface area contributed by atoms with Gasteiger partial charge in [0, 0.05) is 0 Å². The van der Waals surface area contributed by atoms with Crippen LogP contribution in [0, 0.1) is 6.92 Å². The summed E-state index contributed by atoms with van der Waals surface area (Å²) < 4.78 is 5.36. The Morgan fingerprint density at radius 2 is 1.92 bits per heavy atom. The molecule has 0 aromatic heterocycles. The van der Waals surface area contributed by atoms with Crippen LogP contribution >= 0.6 is 0 Å². The minimum absolute atomic E-state index is 0.360. The van der Waals surface area contributed by atoms with E-state index in [9.17, 15) is 5.11 Å². The number of ether oxygens (including phenoxy) is 1. The van der Waals surface area contributed by atoms with Gasteiger partial charge in [0.1, 0.15) is 12.4 Å². The summed E-state index contributed by atoms with van der Waals surface area (Å²) in [6.07, 6.45) is 0.368. The van der Waals surface area contributed by atoms with Crippen LogP contribution in [0.25, 0.3) is 0 Å². The van der Waals surface area contributed by atoms with Crippen LogP contribution < -0.4 is 4.74 Å². The second kappa shape index (κ2) is 4.87. The highest BCUT2D eigenvalue weighted by molar-refractivity contribution is 5.26. The maximum Gasteiger partial charge on any atom is 0.119 e. The van der Waals surface area contributed by atoms with Crippen molar-refractivity contribution in [3.63, 3.8) is 0 Å². The first kappa shape index (κ1) is 10.1. The molecule has 1 aromatic rings. The lowest BCUT2D eigenvalue weighted by Crippen LogP contribution is -2.15. The van der Waals surface area contributed by atoms with E-state index in [4.69, 9.17) is 4.74 Å². The molecule has 0 saturated carbocycles. The first-order valence-corrected chi connectivity index (χ1v) is 4.60. The predicted octanol–water partition coefficient (Wildman–Crippen LogP) is 2.14. The SMILES string of the molecule is CC[C@H](O)COc1ccc(C)cc1. The van der Waals surface area contributed by atoms with E-state index in [1.165, 1.54) is 5.56 Å². The Labute approximate surface area is 79.2 Å². The van der Waals surface area contributed by atoms with Crippen LogP contribution in [0.15, 0.2) is 24.3 Å². The number of benzene rings is 1. The maximum atomic E-state index is 9.25. The van der Waals surface area contributed by atoms with E-state index in [1.54, 1.807) is 0 Å². The average Bonchev–Trinajstić information content (AvgIpc) is 2.16. The van der Waals surface area contributed by atoms with Crippen LogP contribution in [0.5, 0.6) is 5.75 Å². The Morgan fingerprint density at radius 3 is 2.46 bits per heavy atom. The smallest absolute Gasteiger partial charge is 0.119 e. The van der Waals surface area contributed by atoms with E-state index in [0.717, 1.165) is 12.2 Å². The van der Waals surface area contributed by atoms with Gasteiger partial charge < -0.3 is 9.84 Å². The van der Waals surface area contributed by atoms with Crippen LogP contribution in [0.3, 0.4) is 0 Å². The molecule has 0 heterocycles. The van der Waals surface area contributed by atoms with E-state index in [2.05, 4.69) is 0 Å². The third-order valence-corrected chi connectivity index (χ3v) is 1.93. The van der Waals surface area contributed by atoms with Crippen molar-refractivity contribution in [3.05, 3.63) is 29.8 Å². The van der Waals surface area contributed by atoms with Crippen molar-refractivity contribution in [2.75, 3.05) is 6.61 Å².